The number of halogens is 2. The van der Waals surface area contributed by atoms with E-state index in [0.29, 0.717) is 40.7 Å². The Morgan fingerprint density at radius 3 is 3.00 bits per heavy atom. The van der Waals surface area contributed by atoms with Crippen molar-refractivity contribution < 1.29 is 4.79 Å². The first-order chi connectivity index (χ1) is 10.6. The van der Waals surface area contributed by atoms with Crippen molar-refractivity contribution in [2.24, 2.45) is 5.92 Å². The topological polar surface area (TPSA) is 59.8 Å². The van der Waals surface area contributed by atoms with Gasteiger partial charge in [0.25, 0.3) is 5.91 Å². The van der Waals surface area contributed by atoms with Crippen LogP contribution in [-0.4, -0.2) is 27.4 Å². The summed E-state index contributed by atoms with van der Waals surface area (Å²) in [7, 11) is 0. The zero-order valence-corrected chi connectivity index (χ0v) is 13.6. The average Bonchev–Trinajstić information content (AvgIpc) is 3.09. The third kappa shape index (κ3) is 3.10. The first kappa shape index (κ1) is 15.3. The highest BCUT2D eigenvalue weighted by Gasteiger charge is 2.39. The second-order valence-electron chi connectivity index (χ2n) is 5.41. The van der Waals surface area contributed by atoms with Gasteiger partial charge in [0.1, 0.15) is 5.69 Å². The minimum atomic E-state index is -0.139. The number of hydrogen-bond acceptors (Lipinski definition) is 3. The highest BCUT2D eigenvalue weighted by atomic mass is 35.5. The molecule has 22 heavy (non-hydrogen) atoms. The van der Waals surface area contributed by atoms with Crippen molar-refractivity contribution in [2.75, 3.05) is 6.54 Å². The van der Waals surface area contributed by atoms with E-state index in [0.717, 1.165) is 12.0 Å². The van der Waals surface area contributed by atoms with Gasteiger partial charge in [-0.25, -0.2) is 4.68 Å². The lowest BCUT2D eigenvalue weighted by Gasteiger charge is -2.07. The molecule has 2 aromatic rings. The van der Waals surface area contributed by atoms with Gasteiger partial charge in [-0.2, -0.15) is 0 Å². The normalized spacial score (nSPS) is 20.0. The number of benzene rings is 1. The molecule has 1 aliphatic carbocycles. The summed E-state index contributed by atoms with van der Waals surface area (Å²) in [4.78, 5) is 12.1. The van der Waals surface area contributed by atoms with Crippen LogP contribution in [-0.2, 0) is 6.54 Å². The molecule has 1 amide bonds. The molecule has 0 spiro atoms. The molecular weight excluding hydrogens is 323 g/mol. The molecule has 7 heteroatoms. The summed E-state index contributed by atoms with van der Waals surface area (Å²) in [5.41, 5.74) is 1.59. The minimum Gasteiger partial charge on any atom is -0.350 e. The Morgan fingerprint density at radius 2 is 2.27 bits per heavy atom. The van der Waals surface area contributed by atoms with Crippen molar-refractivity contribution in [3.63, 3.8) is 0 Å². The zero-order valence-electron chi connectivity index (χ0n) is 12.1. The SMILES string of the molecule is CCn1nncc1C(=O)NC[C@@H]1C[C@H]1c1ccc(Cl)cc1Cl. The Morgan fingerprint density at radius 1 is 1.45 bits per heavy atom. The number of carbonyl (C=O) groups is 1. The monoisotopic (exact) mass is 338 g/mol. The molecule has 0 aliphatic heterocycles. The quantitative estimate of drug-likeness (QED) is 0.910. The van der Waals surface area contributed by atoms with Crippen LogP contribution in [0.1, 0.15) is 35.3 Å². The lowest BCUT2D eigenvalue weighted by molar-refractivity contribution is 0.0941. The van der Waals surface area contributed by atoms with E-state index in [1.807, 2.05) is 19.1 Å². The number of nitrogens with one attached hydrogen (secondary N) is 1. The predicted octanol–water partition coefficient (Wildman–Crippen LogP) is 3.14. The predicted molar refractivity (Wildman–Crippen MR) is 85.3 cm³/mol. The molecule has 1 N–H and O–H groups in total. The fourth-order valence-electron chi connectivity index (χ4n) is 2.64. The van der Waals surface area contributed by atoms with E-state index < -0.39 is 0 Å². The molecule has 116 valence electrons. The molecule has 0 bridgehead atoms. The van der Waals surface area contributed by atoms with Crippen molar-refractivity contribution in [1.82, 2.24) is 20.3 Å². The molecule has 1 aliphatic rings. The third-order valence-electron chi connectivity index (χ3n) is 3.96. The molecular formula is C15H16Cl2N4O. The minimum absolute atomic E-state index is 0.139. The van der Waals surface area contributed by atoms with Gasteiger partial charge in [0, 0.05) is 23.1 Å². The van der Waals surface area contributed by atoms with E-state index in [1.165, 1.54) is 6.20 Å². The summed E-state index contributed by atoms with van der Waals surface area (Å²) < 4.78 is 1.58. The Hall–Kier alpha value is -1.59. The number of aromatic nitrogens is 3. The lowest BCUT2D eigenvalue weighted by Crippen LogP contribution is -2.28. The van der Waals surface area contributed by atoms with Gasteiger partial charge in [0.15, 0.2) is 0 Å². The van der Waals surface area contributed by atoms with Gasteiger partial charge in [-0.3, -0.25) is 4.79 Å². The summed E-state index contributed by atoms with van der Waals surface area (Å²) in [6, 6.07) is 5.58. The number of carbonyl (C=O) groups excluding carboxylic acids is 1. The maximum atomic E-state index is 12.1. The van der Waals surface area contributed by atoms with Gasteiger partial charge in [0.05, 0.1) is 6.20 Å². The van der Waals surface area contributed by atoms with E-state index in [-0.39, 0.29) is 5.91 Å². The molecule has 1 fully saturated rings. The smallest absolute Gasteiger partial charge is 0.271 e. The highest BCUT2D eigenvalue weighted by Crippen LogP contribution is 2.49. The summed E-state index contributed by atoms with van der Waals surface area (Å²) >= 11 is 12.1. The number of hydrogen-bond donors (Lipinski definition) is 1. The van der Waals surface area contributed by atoms with Gasteiger partial charge in [-0.05, 0) is 42.9 Å². The molecule has 0 unspecified atom stereocenters. The van der Waals surface area contributed by atoms with Crippen LogP contribution < -0.4 is 5.32 Å². The second-order valence-corrected chi connectivity index (χ2v) is 6.26. The van der Waals surface area contributed by atoms with E-state index in [9.17, 15) is 4.79 Å². The Kier molecular flexibility index (Phi) is 4.36. The summed E-state index contributed by atoms with van der Waals surface area (Å²) in [5, 5.41) is 11.9. The Labute approximate surface area is 138 Å². The molecule has 0 saturated heterocycles. The standard InChI is InChI=1S/C15H16Cl2N4O/c1-2-21-14(8-19-20-21)15(22)18-7-9-5-12(9)11-4-3-10(16)6-13(11)17/h3-4,6,8-9,12H,2,5,7H2,1H3,(H,18,22)/t9-,12+/m0/s1. The number of amides is 1. The van der Waals surface area contributed by atoms with Crippen LogP contribution in [0.5, 0.6) is 0 Å². The van der Waals surface area contributed by atoms with Crippen molar-refractivity contribution in [3.05, 3.63) is 45.7 Å². The molecule has 1 saturated carbocycles. The Bertz CT molecular complexity index is 701. The largest absolute Gasteiger partial charge is 0.350 e. The summed E-state index contributed by atoms with van der Waals surface area (Å²) in [6.07, 6.45) is 2.51. The number of nitrogens with zero attached hydrogens (tertiary/aromatic N) is 3. The van der Waals surface area contributed by atoms with Gasteiger partial charge in [0.2, 0.25) is 0 Å². The van der Waals surface area contributed by atoms with Crippen LogP contribution in [0.15, 0.2) is 24.4 Å². The van der Waals surface area contributed by atoms with Crippen LogP contribution in [0.25, 0.3) is 0 Å². The molecule has 5 nitrogen and oxygen atoms in total. The zero-order chi connectivity index (χ0) is 15.7. The molecule has 2 atom stereocenters. The maximum absolute atomic E-state index is 12.1. The van der Waals surface area contributed by atoms with Crippen LogP contribution in [0, 0.1) is 5.92 Å². The molecule has 0 radical (unpaired) electrons. The van der Waals surface area contributed by atoms with Gasteiger partial charge in [-0.1, -0.05) is 34.5 Å². The Balaban J connectivity index is 1.57. The molecule has 1 aromatic heterocycles. The number of rotatable bonds is 5. The van der Waals surface area contributed by atoms with E-state index in [4.69, 9.17) is 23.2 Å². The van der Waals surface area contributed by atoms with Crippen molar-refractivity contribution in [3.8, 4) is 0 Å². The van der Waals surface area contributed by atoms with E-state index in [2.05, 4.69) is 15.6 Å². The van der Waals surface area contributed by atoms with E-state index >= 15 is 0 Å². The molecule has 1 aromatic carbocycles. The van der Waals surface area contributed by atoms with Gasteiger partial charge >= 0.3 is 0 Å². The van der Waals surface area contributed by atoms with Crippen molar-refractivity contribution >= 4 is 29.1 Å². The lowest BCUT2D eigenvalue weighted by atomic mass is 10.1. The fraction of sp³-hybridized carbons (Fsp3) is 0.400. The van der Waals surface area contributed by atoms with Crippen molar-refractivity contribution in [1.29, 1.82) is 0 Å². The van der Waals surface area contributed by atoms with Crippen LogP contribution in [0.4, 0.5) is 0 Å². The maximum Gasteiger partial charge on any atom is 0.271 e. The molecule has 3 rings (SSSR count). The summed E-state index contributed by atoms with van der Waals surface area (Å²) in [6.45, 7) is 3.16. The first-order valence-corrected chi connectivity index (χ1v) is 7.97. The first-order valence-electron chi connectivity index (χ1n) is 7.21. The van der Waals surface area contributed by atoms with Crippen molar-refractivity contribution in [2.45, 2.75) is 25.8 Å². The van der Waals surface area contributed by atoms with Gasteiger partial charge < -0.3 is 5.32 Å². The molecule has 1 heterocycles. The van der Waals surface area contributed by atoms with Crippen LogP contribution in [0.2, 0.25) is 10.0 Å². The second kappa shape index (κ2) is 6.26. The van der Waals surface area contributed by atoms with Gasteiger partial charge in [-0.15, -0.1) is 5.10 Å². The third-order valence-corrected chi connectivity index (χ3v) is 4.52. The number of aryl methyl sites for hydroxylation is 1. The fourth-order valence-corrected chi connectivity index (χ4v) is 3.19. The summed E-state index contributed by atoms with van der Waals surface area (Å²) in [5.74, 6) is 0.660. The highest BCUT2D eigenvalue weighted by molar-refractivity contribution is 6.35. The van der Waals surface area contributed by atoms with Crippen LogP contribution in [0.3, 0.4) is 0 Å². The van der Waals surface area contributed by atoms with E-state index in [1.54, 1.807) is 10.7 Å². The average molecular weight is 339 g/mol. The van der Waals surface area contributed by atoms with Crippen LogP contribution >= 0.6 is 23.2 Å².